The average Bonchev–Trinajstić information content (AvgIpc) is 2.23. The molecule has 1 rings (SSSR count). The molecule has 0 heterocycles. The molecule has 1 N–H and O–H groups in total. The fourth-order valence-corrected chi connectivity index (χ4v) is 1.62. The molecule has 1 aromatic carbocycles. The van der Waals surface area contributed by atoms with Crippen molar-refractivity contribution in [2.24, 2.45) is 0 Å². The first-order chi connectivity index (χ1) is 7.45. The van der Waals surface area contributed by atoms with Crippen molar-refractivity contribution in [1.82, 2.24) is 0 Å². The molecule has 0 radical (unpaired) electrons. The third-order valence-corrected chi connectivity index (χ3v) is 2.43. The molecule has 5 heteroatoms. The highest BCUT2D eigenvalue weighted by molar-refractivity contribution is 5.90. The van der Waals surface area contributed by atoms with Crippen molar-refractivity contribution >= 4 is 5.97 Å². The lowest BCUT2D eigenvalue weighted by atomic mass is 9.98. The minimum absolute atomic E-state index is 0.0781. The first-order valence-electron chi connectivity index (χ1n) is 4.87. The summed E-state index contributed by atoms with van der Waals surface area (Å²) >= 11 is 0. The molecule has 0 fully saturated rings. The Balaban J connectivity index is 3.71. The fourth-order valence-electron chi connectivity index (χ4n) is 1.62. The summed E-state index contributed by atoms with van der Waals surface area (Å²) in [6, 6.07) is 0. The topological polar surface area (TPSA) is 37.3 Å². The Labute approximate surface area is 90.7 Å². The maximum Gasteiger partial charge on any atom is 0.339 e. The van der Waals surface area contributed by atoms with Gasteiger partial charge in [0.25, 0.3) is 0 Å². The molecule has 88 valence electrons. The Hall–Kier alpha value is -1.52. The van der Waals surface area contributed by atoms with Crippen LogP contribution in [0.4, 0.5) is 13.2 Å². The molecule has 2 nitrogen and oxygen atoms in total. The molecular formula is C11H11F3O2. The van der Waals surface area contributed by atoms with Crippen LogP contribution in [0.25, 0.3) is 0 Å². The highest BCUT2D eigenvalue weighted by Crippen LogP contribution is 2.26. The van der Waals surface area contributed by atoms with Crippen molar-refractivity contribution in [3.8, 4) is 0 Å². The van der Waals surface area contributed by atoms with Crippen molar-refractivity contribution in [3.05, 3.63) is 34.1 Å². The van der Waals surface area contributed by atoms with E-state index in [1.54, 1.807) is 0 Å². The van der Waals surface area contributed by atoms with Gasteiger partial charge in [-0.05, 0) is 12.8 Å². The maximum atomic E-state index is 13.6. The molecule has 16 heavy (non-hydrogen) atoms. The Morgan fingerprint density at radius 1 is 1.00 bits per heavy atom. The van der Waals surface area contributed by atoms with Gasteiger partial charge >= 0.3 is 5.97 Å². The quantitative estimate of drug-likeness (QED) is 0.813. The monoisotopic (exact) mass is 232 g/mol. The molecule has 0 atom stereocenters. The van der Waals surface area contributed by atoms with E-state index >= 15 is 0 Å². The van der Waals surface area contributed by atoms with Gasteiger partial charge in [-0.25, -0.2) is 18.0 Å². The van der Waals surface area contributed by atoms with E-state index in [4.69, 9.17) is 5.11 Å². The summed E-state index contributed by atoms with van der Waals surface area (Å²) in [5.41, 5.74) is -1.72. The summed E-state index contributed by atoms with van der Waals surface area (Å²) < 4.78 is 40.4. The lowest BCUT2D eigenvalue weighted by Gasteiger charge is -2.11. The van der Waals surface area contributed by atoms with E-state index in [0.717, 1.165) is 0 Å². The van der Waals surface area contributed by atoms with Crippen LogP contribution in [0.3, 0.4) is 0 Å². The Morgan fingerprint density at radius 2 is 1.44 bits per heavy atom. The molecule has 0 aliphatic heterocycles. The summed E-state index contributed by atoms with van der Waals surface area (Å²) in [7, 11) is 0. The zero-order valence-corrected chi connectivity index (χ0v) is 8.90. The number of hydrogen-bond acceptors (Lipinski definition) is 1. The molecule has 0 bridgehead atoms. The predicted molar refractivity (Wildman–Crippen MR) is 52.0 cm³/mol. The third kappa shape index (κ3) is 1.77. The molecule has 0 saturated heterocycles. The number of benzene rings is 1. The normalized spacial score (nSPS) is 10.6. The van der Waals surface area contributed by atoms with E-state index < -0.39 is 40.1 Å². The summed E-state index contributed by atoms with van der Waals surface area (Å²) in [6.07, 6.45) is -0.176. The minimum Gasteiger partial charge on any atom is -0.478 e. The van der Waals surface area contributed by atoms with Crippen molar-refractivity contribution in [1.29, 1.82) is 0 Å². The van der Waals surface area contributed by atoms with Gasteiger partial charge in [0.15, 0.2) is 11.6 Å². The molecule has 0 spiro atoms. The number of hydrogen-bond donors (Lipinski definition) is 1. The van der Waals surface area contributed by atoms with E-state index in [1.807, 2.05) is 0 Å². The molecule has 0 aliphatic carbocycles. The largest absolute Gasteiger partial charge is 0.478 e. The van der Waals surface area contributed by atoms with Gasteiger partial charge in [-0.15, -0.1) is 0 Å². The van der Waals surface area contributed by atoms with Crippen LogP contribution in [0.15, 0.2) is 0 Å². The van der Waals surface area contributed by atoms with Crippen LogP contribution in [0.1, 0.15) is 35.3 Å². The molecule has 0 amide bonds. The van der Waals surface area contributed by atoms with Crippen LogP contribution >= 0.6 is 0 Å². The summed E-state index contributed by atoms with van der Waals surface area (Å²) in [4.78, 5) is 10.8. The maximum absolute atomic E-state index is 13.6. The van der Waals surface area contributed by atoms with Gasteiger partial charge in [-0.2, -0.15) is 0 Å². The number of carboxylic acids is 1. The van der Waals surface area contributed by atoms with Crippen LogP contribution in [-0.4, -0.2) is 11.1 Å². The second kappa shape index (κ2) is 4.55. The fraction of sp³-hybridized carbons (Fsp3) is 0.364. The van der Waals surface area contributed by atoms with Crippen LogP contribution in [0, 0.1) is 17.5 Å². The van der Waals surface area contributed by atoms with Crippen molar-refractivity contribution in [2.45, 2.75) is 26.7 Å². The molecule has 0 unspecified atom stereocenters. The predicted octanol–water partition coefficient (Wildman–Crippen LogP) is 2.93. The smallest absolute Gasteiger partial charge is 0.339 e. The molecule has 1 aromatic rings. The van der Waals surface area contributed by atoms with Crippen molar-refractivity contribution < 1.29 is 23.1 Å². The number of carbonyl (C=O) groups is 1. The van der Waals surface area contributed by atoms with Gasteiger partial charge in [0.05, 0.1) is 0 Å². The summed E-state index contributed by atoms with van der Waals surface area (Å²) in [5.74, 6) is -5.31. The van der Waals surface area contributed by atoms with E-state index in [0.29, 0.717) is 0 Å². The van der Waals surface area contributed by atoms with Crippen LogP contribution in [-0.2, 0) is 12.8 Å². The zero-order chi connectivity index (χ0) is 12.5. The Kier molecular flexibility index (Phi) is 3.57. The summed E-state index contributed by atoms with van der Waals surface area (Å²) in [6.45, 7) is 2.87. The Morgan fingerprint density at radius 3 is 1.81 bits per heavy atom. The third-order valence-electron chi connectivity index (χ3n) is 2.43. The van der Waals surface area contributed by atoms with Gasteiger partial charge in [-0.3, -0.25) is 0 Å². The van der Waals surface area contributed by atoms with Gasteiger partial charge in [0, 0.05) is 11.1 Å². The first-order valence-corrected chi connectivity index (χ1v) is 4.87. The molecule has 0 aliphatic rings. The second-order valence-electron chi connectivity index (χ2n) is 3.29. The van der Waals surface area contributed by atoms with Gasteiger partial charge in [0.2, 0.25) is 0 Å². The second-order valence-corrected chi connectivity index (χ2v) is 3.29. The number of carboxylic acid groups (broad SMARTS) is 1. The van der Waals surface area contributed by atoms with Crippen molar-refractivity contribution in [2.75, 3.05) is 0 Å². The highest BCUT2D eigenvalue weighted by atomic mass is 19.2. The average molecular weight is 232 g/mol. The lowest BCUT2D eigenvalue weighted by molar-refractivity contribution is 0.0689. The molecule has 0 saturated carbocycles. The van der Waals surface area contributed by atoms with Gasteiger partial charge in [0.1, 0.15) is 11.4 Å². The number of rotatable bonds is 3. The van der Waals surface area contributed by atoms with Crippen LogP contribution in [0.5, 0.6) is 0 Å². The van der Waals surface area contributed by atoms with E-state index in [2.05, 4.69) is 0 Å². The van der Waals surface area contributed by atoms with Crippen LogP contribution in [0.2, 0.25) is 0 Å². The molecule has 0 aromatic heterocycles. The number of halogens is 3. The Bertz CT molecular complexity index is 442. The highest BCUT2D eigenvalue weighted by Gasteiger charge is 2.26. The van der Waals surface area contributed by atoms with Crippen molar-refractivity contribution in [3.63, 3.8) is 0 Å². The SMILES string of the molecule is CCc1c(F)c(F)c(CC)c(C(=O)O)c1F. The summed E-state index contributed by atoms with van der Waals surface area (Å²) in [5, 5.41) is 8.78. The first kappa shape index (κ1) is 12.5. The lowest BCUT2D eigenvalue weighted by Crippen LogP contribution is -2.13. The van der Waals surface area contributed by atoms with E-state index in [-0.39, 0.29) is 12.8 Å². The van der Waals surface area contributed by atoms with Gasteiger partial charge in [-0.1, -0.05) is 13.8 Å². The zero-order valence-electron chi connectivity index (χ0n) is 8.90. The van der Waals surface area contributed by atoms with E-state index in [1.165, 1.54) is 13.8 Å². The van der Waals surface area contributed by atoms with E-state index in [9.17, 15) is 18.0 Å². The van der Waals surface area contributed by atoms with Gasteiger partial charge < -0.3 is 5.11 Å². The van der Waals surface area contributed by atoms with Crippen LogP contribution < -0.4 is 0 Å². The molecular weight excluding hydrogens is 221 g/mol. The number of aromatic carboxylic acids is 1. The minimum atomic E-state index is -1.58. The standard InChI is InChI=1S/C11H11F3O2/c1-3-5-7(11(15)16)8(12)6(4-2)10(14)9(5)13/h3-4H2,1-2H3,(H,15,16).